The van der Waals surface area contributed by atoms with Crippen molar-refractivity contribution >= 4 is 17.5 Å². The number of terminal acetylenes is 1. The van der Waals surface area contributed by atoms with Crippen molar-refractivity contribution in [1.29, 1.82) is 0 Å². The molecule has 1 aromatic carbocycles. The highest BCUT2D eigenvalue weighted by molar-refractivity contribution is 7.81. The van der Waals surface area contributed by atoms with E-state index in [1.54, 1.807) is 0 Å². The van der Waals surface area contributed by atoms with E-state index >= 15 is 0 Å². The summed E-state index contributed by atoms with van der Waals surface area (Å²) in [5, 5.41) is 0. The van der Waals surface area contributed by atoms with E-state index in [2.05, 4.69) is 10.1 Å². The molecule has 9 heteroatoms. The minimum absolute atomic E-state index is 0.0642. The molecule has 3 nitrogen and oxygen atoms in total. The van der Waals surface area contributed by atoms with E-state index in [-0.39, 0.29) is 27.8 Å². The second-order valence-corrected chi connectivity index (χ2v) is 5.55. The average molecular weight is 323 g/mol. The van der Waals surface area contributed by atoms with Crippen LogP contribution in [-0.4, -0.2) is 15.4 Å². The summed E-state index contributed by atoms with van der Waals surface area (Å²) in [6, 6.07) is 0. The highest BCUT2D eigenvalue weighted by atomic mass is 32.3. The van der Waals surface area contributed by atoms with Crippen LogP contribution in [0.15, 0.2) is 0 Å². The van der Waals surface area contributed by atoms with Crippen LogP contribution in [0.2, 0.25) is 0 Å². The van der Waals surface area contributed by atoms with Crippen LogP contribution < -0.4 is 4.18 Å². The first-order valence-electron chi connectivity index (χ1n) is 5.81. The summed E-state index contributed by atoms with van der Waals surface area (Å²) in [6.45, 7) is -1.18. The second-order valence-electron chi connectivity index (χ2n) is 4.59. The molecule has 0 saturated carbocycles. The van der Waals surface area contributed by atoms with Crippen LogP contribution in [0.4, 0.5) is 16.8 Å². The normalized spacial score (nSPS) is 12.1. The Hall–Kier alpha value is -1.69. The van der Waals surface area contributed by atoms with E-state index in [1.165, 1.54) is 20.8 Å². The molecule has 0 atom stereocenters. The van der Waals surface area contributed by atoms with Gasteiger partial charge in [-0.15, -0.1) is 6.42 Å². The Bertz CT molecular complexity index is 718. The molecule has 0 radical (unpaired) electrons. The summed E-state index contributed by atoms with van der Waals surface area (Å²) in [5.74, 6) is 1.69. The minimum atomic E-state index is -5.37. The van der Waals surface area contributed by atoms with Gasteiger partial charge < -0.3 is 17.1 Å². The molecule has 0 N–H and O–H groups in total. The molecule has 0 aliphatic rings. The van der Waals surface area contributed by atoms with Crippen LogP contribution in [0.5, 0.6) is 5.75 Å². The van der Waals surface area contributed by atoms with Crippen LogP contribution >= 0.6 is 0 Å². The zero-order valence-corrected chi connectivity index (χ0v) is 12.3. The highest BCUT2D eigenvalue weighted by Gasteiger charge is 2.28. The van der Waals surface area contributed by atoms with Crippen LogP contribution in [0.3, 0.4) is 0 Å². The van der Waals surface area contributed by atoms with Crippen molar-refractivity contribution in [2.24, 2.45) is 0 Å². The van der Waals surface area contributed by atoms with Gasteiger partial charge in [0.2, 0.25) is 0 Å². The van der Waals surface area contributed by atoms with Crippen molar-refractivity contribution < 1.29 is 29.4 Å². The maximum absolute atomic E-state index is 12.7. The Morgan fingerprint density at radius 3 is 2.05 bits per heavy atom. The molecule has 0 bridgehead atoms. The molecule has 0 spiro atoms. The molecule has 0 unspecified atom stereocenters. The van der Waals surface area contributed by atoms with Crippen molar-refractivity contribution in [3.8, 4) is 18.1 Å². The van der Waals surface area contributed by atoms with Crippen LogP contribution in [0.1, 0.15) is 27.8 Å². The Labute approximate surface area is 120 Å². The molecule has 1 aromatic rings. The molecule has 0 heterocycles. The van der Waals surface area contributed by atoms with E-state index in [0.29, 0.717) is 0 Å². The lowest BCUT2D eigenvalue weighted by atomic mass is 9.77. The predicted octanol–water partition coefficient (Wildman–Crippen LogP) is 3.12. The van der Waals surface area contributed by atoms with Crippen molar-refractivity contribution in [2.45, 2.75) is 27.1 Å². The number of benzene rings is 1. The van der Waals surface area contributed by atoms with Crippen molar-refractivity contribution in [3.05, 3.63) is 27.8 Å². The lowest BCUT2D eigenvalue weighted by Crippen LogP contribution is -2.22. The van der Waals surface area contributed by atoms with Crippen LogP contribution in [0, 0.1) is 33.1 Å². The third-order valence-corrected chi connectivity index (χ3v) is 3.47. The second kappa shape index (κ2) is 5.60. The minimum Gasteiger partial charge on any atom is -0.449 e. The topological polar surface area (TPSA) is 43.4 Å². The number of halogens is 4. The third kappa shape index (κ3) is 4.14. The van der Waals surface area contributed by atoms with E-state index in [1.807, 2.05) is 0 Å². The van der Waals surface area contributed by atoms with Gasteiger partial charge >= 0.3 is 17.5 Å². The smallest absolute Gasteiger partial charge is 0.449 e. The average Bonchev–Trinajstić information content (AvgIpc) is 2.29. The lowest BCUT2D eigenvalue weighted by molar-refractivity contribution is 0.436. The van der Waals surface area contributed by atoms with Crippen LogP contribution in [-0.2, 0) is 16.8 Å². The molecule has 21 heavy (non-hydrogen) atoms. The molecule has 0 fully saturated rings. The lowest BCUT2D eigenvalue weighted by Gasteiger charge is -2.22. The molecule has 0 aromatic heterocycles. The Balaban J connectivity index is 3.67. The van der Waals surface area contributed by atoms with Gasteiger partial charge in [-0.3, -0.25) is 0 Å². The molecule has 0 saturated heterocycles. The van der Waals surface area contributed by atoms with Gasteiger partial charge in [0.25, 0.3) is 0 Å². The van der Waals surface area contributed by atoms with Crippen molar-refractivity contribution in [3.63, 3.8) is 0 Å². The zero-order valence-electron chi connectivity index (χ0n) is 11.5. The van der Waals surface area contributed by atoms with Gasteiger partial charge in [-0.05, 0) is 31.9 Å². The SMILES string of the molecule is C#Cc1c(C)c(C[B-](F)(F)F)c(C)c(OS(=O)(=O)F)c1C. The molecular formula is C12H12BF4O3S-. The van der Waals surface area contributed by atoms with E-state index in [4.69, 9.17) is 6.42 Å². The summed E-state index contributed by atoms with van der Waals surface area (Å²) >= 11 is 0. The summed E-state index contributed by atoms with van der Waals surface area (Å²) in [7, 11) is -5.37. The first-order chi connectivity index (χ1) is 9.37. The van der Waals surface area contributed by atoms with Gasteiger partial charge in [0.15, 0.2) is 5.75 Å². The Morgan fingerprint density at radius 1 is 1.14 bits per heavy atom. The first kappa shape index (κ1) is 17.4. The summed E-state index contributed by atoms with van der Waals surface area (Å²) in [4.78, 5) is 0. The zero-order chi connectivity index (χ0) is 16.6. The largest absolute Gasteiger partial charge is 0.488 e. The van der Waals surface area contributed by atoms with E-state index in [0.717, 1.165) is 0 Å². The fourth-order valence-electron chi connectivity index (χ4n) is 2.22. The monoisotopic (exact) mass is 323 g/mol. The molecular weight excluding hydrogens is 311 g/mol. The van der Waals surface area contributed by atoms with Crippen molar-refractivity contribution in [1.82, 2.24) is 0 Å². The standard InChI is InChI=1S/C12H12BF4O3S/c1-5-10-7(2)11(6-13(14,15)16)9(4)12(8(10)3)20-21(17,18)19/h1H,6H2,2-4H3/q-1. The van der Waals surface area contributed by atoms with Gasteiger partial charge in [0.1, 0.15) is 0 Å². The molecule has 116 valence electrons. The van der Waals surface area contributed by atoms with Gasteiger partial charge in [0, 0.05) is 11.1 Å². The van der Waals surface area contributed by atoms with Gasteiger partial charge in [-0.1, -0.05) is 21.7 Å². The predicted molar refractivity (Wildman–Crippen MR) is 72.0 cm³/mol. The molecule has 0 aliphatic heterocycles. The fourth-order valence-corrected chi connectivity index (χ4v) is 2.67. The van der Waals surface area contributed by atoms with Gasteiger partial charge in [0.05, 0.1) is 0 Å². The third-order valence-electron chi connectivity index (χ3n) is 3.10. The van der Waals surface area contributed by atoms with Gasteiger partial charge in [-0.2, -0.15) is 8.42 Å². The highest BCUT2D eigenvalue weighted by Crippen LogP contribution is 2.35. The fraction of sp³-hybridized carbons (Fsp3) is 0.333. The maximum Gasteiger partial charge on any atom is 0.488 e. The molecule has 1 rings (SSSR count). The van der Waals surface area contributed by atoms with E-state index < -0.39 is 29.6 Å². The summed E-state index contributed by atoms with van der Waals surface area (Å²) in [6.07, 6.45) is 3.99. The quantitative estimate of drug-likeness (QED) is 0.370. The summed E-state index contributed by atoms with van der Waals surface area (Å²) in [5.41, 5.74) is 0.0841. The number of hydrogen-bond donors (Lipinski definition) is 0. The molecule has 0 amide bonds. The number of hydrogen-bond acceptors (Lipinski definition) is 3. The number of rotatable bonds is 4. The maximum atomic E-state index is 12.7. The molecule has 0 aliphatic carbocycles. The Morgan fingerprint density at radius 2 is 1.67 bits per heavy atom. The van der Waals surface area contributed by atoms with Crippen LogP contribution in [0.25, 0.3) is 0 Å². The van der Waals surface area contributed by atoms with E-state index in [9.17, 15) is 25.3 Å². The first-order valence-corrected chi connectivity index (χ1v) is 7.12. The Kier molecular flexibility index (Phi) is 4.63. The van der Waals surface area contributed by atoms with Gasteiger partial charge in [-0.25, -0.2) is 0 Å². The van der Waals surface area contributed by atoms with Crippen molar-refractivity contribution in [2.75, 3.05) is 0 Å². The summed E-state index contributed by atoms with van der Waals surface area (Å²) < 4.78 is 76.2.